The van der Waals surface area contributed by atoms with Crippen molar-refractivity contribution in [3.05, 3.63) is 0 Å². The van der Waals surface area contributed by atoms with Crippen LogP contribution in [0.25, 0.3) is 0 Å². The van der Waals surface area contributed by atoms with E-state index in [4.69, 9.17) is 0 Å². The molecular weight excluding hydrogens is 252 g/mol. The molecule has 102 valence electrons. The van der Waals surface area contributed by atoms with E-state index in [0.29, 0.717) is 18.3 Å². The van der Waals surface area contributed by atoms with Crippen molar-refractivity contribution in [1.82, 2.24) is 15.5 Å². The van der Waals surface area contributed by atoms with Crippen LogP contribution in [-0.2, 0) is 9.59 Å². The molecule has 0 saturated heterocycles. The van der Waals surface area contributed by atoms with Gasteiger partial charge in [-0.2, -0.15) is 0 Å². The first kappa shape index (κ1) is 15.0. The Hall–Kier alpha value is -1.08. The van der Waals surface area contributed by atoms with Crippen molar-refractivity contribution in [3.63, 3.8) is 0 Å². The zero-order valence-corrected chi connectivity index (χ0v) is 11.7. The van der Waals surface area contributed by atoms with E-state index in [2.05, 4.69) is 34.4 Å². The second-order valence-electron chi connectivity index (χ2n) is 3.77. The Bertz CT molecular complexity index is 329. The molecule has 0 spiro atoms. The van der Waals surface area contributed by atoms with Gasteiger partial charge in [-0.05, 0) is 13.1 Å². The third-order valence-corrected chi connectivity index (χ3v) is 3.51. The average molecular weight is 272 g/mol. The molecule has 0 fully saturated rings. The fourth-order valence-electron chi connectivity index (χ4n) is 1.51. The highest BCUT2D eigenvalue weighted by atomic mass is 32.2. The summed E-state index contributed by atoms with van der Waals surface area (Å²) in [4.78, 5) is 29.2. The first-order valence-electron chi connectivity index (χ1n) is 6.16. The summed E-state index contributed by atoms with van der Waals surface area (Å²) in [5.41, 5.74) is 0. The topological polar surface area (TPSA) is 73.8 Å². The number of carbonyl (C=O) groups is 2. The summed E-state index contributed by atoms with van der Waals surface area (Å²) in [5.74, 6) is -0.376. The van der Waals surface area contributed by atoms with Gasteiger partial charge in [0, 0.05) is 18.8 Å². The normalized spacial score (nSPS) is 14.5. The van der Waals surface area contributed by atoms with Crippen LogP contribution < -0.4 is 10.6 Å². The van der Waals surface area contributed by atoms with Crippen LogP contribution in [0.15, 0.2) is 4.99 Å². The fourth-order valence-corrected chi connectivity index (χ4v) is 2.24. The lowest BCUT2D eigenvalue weighted by molar-refractivity contribution is -0.138. The van der Waals surface area contributed by atoms with Crippen LogP contribution in [0.1, 0.15) is 13.8 Å². The van der Waals surface area contributed by atoms with Crippen LogP contribution in [-0.4, -0.2) is 60.4 Å². The van der Waals surface area contributed by atoms with Gasteiger partial charge in [-0.15, -0.1) is 0 Å². The van der Waals surface area contributed by atoms with Crippen LogP contribution in [0.3, 0.4) is 0 Å². The highest BCUT2D eigenvalue weighted by molar-refractivity contribution is 8.14. The molecule has 1 aliphatic heterocycles. The van der Waals surface area contributed by atoms with Gasteiger partial charge in [-0.1, -0.05) is 25.6 Å². The molecule has 6 nitrogen and oxygen atoms in total. The number of hydrogen-bond donors (Lipinski definition) is 2. The number of likely N-dealkylation sites (N-methyl/N-ethyl adjacent to an activating group) is 1. The Balaban J connectivity index is 2.21. The molecule has 1 aliphatic rings. The van der Waals surface area contributed by atoms with Gasteiger partial charge in [0.1, 0.15) is 0 Å². The van der Waals surface area contributed by atoms with Gasteiger partial charge in [0.05, 0.1) is 6.54 Å². The van der Waals surface area contributed by atoms with E-state index in [0.717, 1.165) is 25.4 Å². The fraction of sp³-hybridized carbons (Fsp3) is 0.727. The Morgan fingerprint density at radius 1 is 1.33 bits per heavy atom. The van der Waals surface area contributed by atoms with Crippen LogP contribution in [0.4, 0.5) is 0 Å². The molecule has 0 unspecified atom stereocenters. The summed E-state index contributed by atoms with van der Waals surface area (Å²) >= 11 is 1.45. The van der Waals surface area contributed by atoms with Crippen molar-refractivity contribution in [2.45, 2.75) is 13.8 Å². The third kappa shape index (κ3) is 5.05. The summed E-state index contributed by atoms with van der Waals surface area (Å²) in [7, 11) is 0. The lowest BCUT2D eigenvalue weighted by Crippen LogP contribution is -2.44. The third-order valence-electron chi connectivity index (χ3n) is 2.62. The van der Waals surface area contributed by atoms with Gasteiger partial charge < -0.3 is 10.2 Å². The maximum atomic E-state index is 11.5. The number of amidine groups is 1. The molecule has 0 aromatic heterocycles. The van der Waals surface area contributed by atoms with E-state index >= 15 is 0 Å². The summed E-state index contributed by atoms with van der Waals surface area (Å²) in [5, 5.41) is 5.63. The molecule has 7 heteroatoms. The molecule has 0 aliphatic carbocycles. The number of amides is 2. The summed E-state index contributed by atoms with van der Waals surface area (Å²) in [6.45, 7) is 7.93. The Morgan fingerprint density at radius 2 is 2.06 bits per heavy atom. The molecule has 1 rings (SSSR count). The second kappa shape index (κ2) is 8.10. The van der Waals surface area contributed by atoms with Crippen LogP contribution in [0.2, 0.25) is 0 Å². The predicted molar refractivity (Wildman–Crippen MR) is 73.7 cm³/mol. The molecule has 0 aromatic carbocycles. The van der Waals surface area contributed by atoms with Gasteiger partial charge in [0.2, 0.25) is 0 Å². The quantitative estimate of drug-likeness (QED) is 0.672. The average Bonchev–Trinajstić information content (AvgIpc) is 2.87. The minimum atomic E-state index is -0.636. The van der Waals surface area contributed by atoms with E-state index in [9.17, 15) is 9.59 Å². The number of thioether (sulfide) groups is 1. The predicted octanol–water partition coefficient (Wildman–Crippen LogP) is -0.337. The van der Waals surface area contributed by atoms with Crippen LogP contribution in [0, 0.1) is 0 Å². The number of carbonyl (C=O) groups excluding carboxylic acids is 2. The monoisotopic (exact) mass is 272 g/mol. The number of rotatable bonds is 5. The van der Waals surface area contributed by atoms with Gasteiger partial charge in [-0.3, -0.25) is 19.9 Å². The molecule has 0 aromatic rings. The number of nitrogens with zero attached hydrogens (tertiary/aromatic N) is 2. The van der Waals surface area contributed by atoms with E-state index in [1.807, 2.05) is 0 Å². The first-order valence-corrected chi connectivity index (χ1v) is 7.14. The van der Waals surface area contributed by atoms with Gasteiger partial charge in [-0.25, -0.2) is 0 Å². The molecule has 0 bridgehead atoms. The molecule has 2 amide bonds. The first-order chi connectivity index (χ1) is 8.67. The summed E-state index contributed by atoms with van der Waals surface area (Å²) < 4.78 is 0. The van der Waals surface area contributed by atoms with Gasteiger partial charge >= 0.3 is 11.8 Å². The minimum absolute atomic E-state index is 0.480. The Kier molecular flexibility index (Phi) is 6.74. The van der Waals surface area contributed by atoms with Crippen molar-refractivity contribution >= 4 is 28.7 Å². The largest absolute Gasteiger partial charge is 0.347 e. The summed E-state index contributed by atoms with van der Waals surface area (Å²) in [6.07, 6.45) is 0. The van der Waals surface area contributed by atoms with E-state index < -0.39 is 11.8 Å². The number of aliphatic imine (C=N–C) groups is 1. The summed E-state index contributed by atoms with van der Waals surface area (Å²) in [6, 6.07) is 0. The van der Waals surface area contributed by atoms with E-state index in [-0.39, 0.29) is 0 Å². The lowest BCUT2D eigenvalue weighted by atomic mass is 10.4. The number of hydrogen-bond acceptors (Lipinski definition) is 5. The van der Waals surface area contributed by atoms with Gasteiger partial charge in [0.25, 0.3) is 0 Å². The van der Waals surface area contributed by atoms with Crippen LogP contribution >= 0.6 is 11.8 Å². The molecule has 1 heterocycles. The highest BCUT2D eigenvalue weighted by Gasteiger charge is 2.17. The SMILES string of the molecule is CCN(CC)CCNC(=O)C(=O)NC1=NCCS1. The minimum Gasteiger partial charge on any atom is -0.347 e. The molecular formula is C11H20N4O2S. The van der Waals surface area contributed by atoms with Crippen molar-refractivity contribution in [1.29, 1.82) is 0 Å². The highest BCUT2D eigenvalue weighted by Crippen LogP contribution is 2.08. The Labute approximate surface area is 112 Å². The molecule has 18 heavy (non-hydrogen) atoms. The van der Waals surface area contributed by atoms with E-state index in [1.165, 1.54) is 11.8 Å². The van der Waals surface area contributed by atoms with E-state index in [1.54, 1.807) is 0 Å². The molecule has 0 atom stereocenters. The standard InChI is InChI=1S/C11H20N4O2S/c1-3-15(4-2)7-5-12-9(16)10(17)14-11-13-6-8-18-11/h3-8H2,1-2H3,(H,12,16)(H,13,14,17). The van der Waals surface area contributed by atoms with Crippen molar-refractivity contribution in [2.75, 3.05) is 38.5 Å². The maximum absolute atomic E-state index is 11.5. The molecule has 2 N–H and O–H groups in total. The van der Waals surface area contributed by atoms with Crippen molar-refractivity contribution in [2.24, 2.45) is 4.99 Å². The zero-order chi connectivity index (χ0) is 13.4. The number of nitrogens with one attached hydrogen (secondary N) is 2. The molecule has 0 saturated carbocycles. The van der Waals surface area contributed by atoms with Crippen molar-refractivity contribution in [3.8, 4) is 0 Å². The zero-order valence-electron chi connectivity index (χ0n) is 10.9. The Morgan fingerprint density at radius 3 is 2.61 bits per heavy atom. The van der Waals surface area contributed by atoms with Crippen molar-refractivity contribution < 1.29 is 9.59 Å². The smallest absolute Gasteiger partial charge is 0.315 e. The maximum Gasteiger partial charge on any atom is 0.315 e. The van der Waals surface area contributed by atoms with Crippen LogP contribution in [0.5, 0.6) is 0 Å². The lowest BCUT2D eigenvalue weighted by Gasteiger charge is -2.17. The molecule has 0 radical (unpaired) electrons. The second-order valence-corrected chi connectivity index (χ2v) is 4.86. The van der Waals surface area contributed by atoms with Gasteiger partial charge in [0.15, 0.2) is 5.17 Å².